The maximum atomic E-state index is 11.8. The number of carbonyl (C=O) groups excluding carboxylic acids is 1. The van der Waals surface area contributed by atoms with Crippen LogP contribution in [0.4, 0.5) is 0 Å². The Kier molecular flexibility index (Phi) is 3.90. The van der Waals surface area contributed by atoms with Crippen molar-refractivity contribution in [2.45, 2.75) is 19.9 Å². The van der Waals surface area contributed by atoms with Crippen LogP contribution in [0.15, 0.2) is 10.5 Å². The summed E-state index contributed by atoms with van der Waals surface area (Å²) in [6, 6.07) is 1.54. The molecule has 1 amide bonds. The first-order valence-electron chi connectivity index (χ1n) is 6.26. The number of carboxylic acid groups (broad SMARTS) is 1. The maximum Gasteiger partial charge on any atom is 0.371 e. The zero-order valence-electron chi connectivity index (χ0n) is 11.2. The predicted octanol–water partition coefficient (Wildman–Crippen LogP) is 0.950. The lowest BCUT2D eigenvalue weighted by atomic mass is 10.2. The molecule has 0 spiro atoms. The minimum Gasteiger partial charge on any atom is -0.475 e. The van der Waals surface area contributed by atoms with Crippen LogP contribution >= 0.6 is 0 Å². The fraction of sp³-hybridized carbons (Fsp3) is 0.538. The number of aryl methyl sites for hydroxylation is 1. The third-order valence-corrected chi connectivity index (χ3v) is 3.38. The highest BCUT2D eigenvalue weighted by molar-refractivity contribution is 5.84. The van der Waals surface area contributed by atoms with Gasteiger partial charge >= 0.3 is 5.97 Å². The molecule has 0 atom stereocenters. The van der Waals surface area contributed by atoms with Crippen LogP contribution in [-0.2, 0) is 11.3 Å². The van der Waals surface area contributed by atoms with E-state index in [0.717, 1.165) is 25.1 Å². The van der Waals surface area contributed by atoms with Gasteiger partial charge in [0.1, 0.15) is 5.76 Å². The first-order chi connectivity index (χ1) is 8.97. The summed E-state index contributed by atoms with van der Waals surface area (Å²) in [5.74, 6) is -0.425. The smallest absolute Gasteiger partial charge is 0.371 e. The summed E-state index contributed by atoms with van der Waals surface area (Å²) in [6.07, 6.45) is 0.922. The number of furan rings is 1. The van der Waals surface area contributed by atoms with Crippen molar-refractivity contribution in [3.8, 4) is 0 Å². The van der Waals surface area contributed by atoms with Gasteiger partial charge in [-0.05, 0) is 19.4 Å². The van der Waals surface area contributed by atoms with Gasteiger partial charge in [-0.2, -0.15) is 0 Å². The molecular formula is C13H18N2O4. The summed E-state index contributed by atoms with van der Waals surface area (Å²) in [5.41, 5.74) is 0.828. The Balaban J connectivity index is 2.08. The Morgan fingerprint density at radius 2 is 2.21 bits per heavy atom. The second-order valence-electron chi connectivity index (χ2n) is 4.88. The molecule has 0 saturated carbocycles. The molecule has 1 N–H and O–H groups in total. The van der Waals surface area contributed by atoms with Crippen molar-refractivity contribution in [2.75, 3.05) is 26.7 Å². The molecule has 19 heavy (non-hydrogen) atoms. The number of likely N-dealkylation sites (N-methyl/N-ethyl adjacent to an activating group) is 1. The zero-order valence-corrected chi connectivity index (χ0v) is 11.2. The number of hydrogen-bond acceptors (Lipinski definition) is 4. The Labute approximate surface area is 111 Å². The van der Waals surface area contributed by atoms with Gasteiger partial charge in [0.15, 0.2) is 0 Å². The molecule has 1 saturated heterocycles. The van der Waals surface area contributed by atoms with E-state index < -0.39 is 5.97 Å². The van der Waals surface area contributed by atoms with Gasteiger partial charge in [-0.15, -0.1) is 0 Å². The summed E-state index contributed by atoms with van der Waals surface area (Å²) in [7, 11) is 1.80. The highest BCUT2D eigenvalue weighted by Crippen LogP contribution is 2.17. The number of hydrogen-bond donors (Lipinski definition) is 1. The van der Waals surface area contributed by atoms with Gasteiger partial charge in [-0.1, -0.05) is 0 Å². The highest BCUT2D eigenvalue weighted by Gasteiger charge is 2.21. The van der Waals surface area contributed by atoms with E-state index in [4.69, 9.17) is 9.52 Å². The largest absolute Gasteiger partial charge is 0.475 e. The molecule has 1 aliphatic rings. The van der Waals surface area contributed by atoms with Gasteiger partial charge in [0.25, 0.3) is 0 Å². The van der Waals surface area contributed by atoms with Gasteiger partial charge in [-0.3, -0.25) is 9.69 Å². The summed E-state index contributed by atoms with van der Waals surface area (Å²) in [5, 5.41) is 8.88. The van der Waals surface area contributed by atoms with Crippen molar-refractivity contribution < 1.29 is 19.1 Å². The van der Waals surface area contributed by atoms with Crippen LogP contribution in [0.1, 0.15) is 28.3 Å². The van der Waals surface area contributed by atoms with E-state index in [1.165, 1.54) is 6.07 Å². The number of aromatic carboxylic acids is 1. The first-order valence-corrected chi connectivity index (χ1v) is 6.26. The number of rotatable bonds is 3. The van der Waals surface area contributed by atoms with E-state index >= 15 is 0 Å². The quantitative estimate of drug-likeness (QED) is 0.881. The fourth-order valence-electron chi connectivity index (χ4n) is 2.21. The summed E-state index contributed by atoms with van der Waals surface area (Å²) < 4.78 is 5.18. The molecule has 1 aliphatic heterocycles. The predicted molar refractivity (Wildman–Crippen MR) is 67.9 cm³/mol. The lowest BCUT2D eigenvalue weighted by Gasteiger charge is -2.18. The summed E-state index contributed by atoms with van der Waals surface area (Å²) in [4.78, 5) is 26.4. The Morgan fingerprint density at radius 3 is 2.84 bits per heavy atom. The van der Waals surface area contributed by atoms with Gasteiger partial charge in [0.2, 0.25) is 11.7 Å². The molecular weight excluding hydrogens is 248 g/mol. The van der Waals surface area contributed by atoms with Crippen LogP contribution in [0.3, 0.4) is 0 Å². The SMILES string of the molecule is Cc1oc(C(=O)O)cc1CN1CCCN(C)C(=O)C1. The van der Waals surface area contributed by atoms with Crippen LogP contribution in [-0.4, -0.2) is 53.5 Å². The monoisotopic (exact) mass is 266 g/mol. The highest BCUT2D eigenvalue weighted by atomic mass is 16.4. The molecule has 1 fully saturated rings. The van der Waals surface area contributed by atoms with Gasteiger partial charge < -0.3 is 14.4 Å². The Hall–Kier alpha value is -1.82. The van der Waals surface area contributed by atoms with Gasteiger partial charge in [0.05, 0.1) is 6.54 Å². The van der Waals surface area contributed by atoms with E-state index in [1.807, 2.05) is 4.90 Å². The van der Waals surface area contributed by atoms with E-state index in [9.17, 15) is 9.59 Å². The number of nitrogens with zero attached hydrogens (tertiary/aromatic N) is 2. The molecule has 2 rings (SSSR count). The maximum absolute atomic E-state index is 11.8. The number of amides is 1. The summed E-state index contributed by atoms with van der Waals surface area (Å²) >= 11 is 0. The molecule has 104 valence electrons. The molecule has 0 unspecified atom stereocenters. The molecule has 1 aromatic rings. The average molecular weight is 266 g/mol. The van der Waals surface area contributed by atoms with Crippen LogP contribution in [0, 0.1) is 6.92 Å². The first kappa shape index (κ1) is 13.6. The lowest BCUT2D eigenvalue weighted by Crippen LogP contribution is -2.34. The minimum absolute atomic E-state index is 0.0502. The second-order valence-corrected chi connectivity index (χ2v) is 4.88. The third-order valence-electron chi connectivity index (χ3n) is 3.38. The summed E-state index contributed by atoms with van der Waals surface area (Å²) in [6.45, 7) is 4.24. The lowest BCUT2D eigenvalue weighted by molar-refractivity contribution is -0.130. The molecule has 0 aliphatic carbocycles. The second kappa shape index (κ2) is 5.44. The molecule has 0 aromatic carbocycles. The molecule has 6 nitrogen and oxygen atoms in total. The normalized spacial score (nSPS) is 17.6. The van der Waals surface area contributed by atoms with E-state index in [-0.39, 0.29) is 11.7 Å². The van der Waals surface area contributed by atoms with Gasteiger partial charge in [-0.25, -0.2) is 4.79 Å². The van der Waals surface area contributed by atoms with E-state index in [0.29, 0.717) is 18.8 Å². The van der Waals surface area contributed by atoms with Crippen LogP contribution in [0.25, 0.3) is 0 Å². The molecule has 6 heteroatoms. The van der Waals surface area contributed by atoms with Crippen molar-refractivity contribution >= 4 is 11.9 Å². The molecule has 0 radical (unpaired) electrons. The van der Waals surface area contributed by atoms with Crippen molar-refractivity contribution in [3.05, 3.63) is 23.2 Å². The van der Waals surface area contributed by atoms with Crippen molar-refractivity contribution in [1.82, 2.24) is 9.80 Å². The standard InChI is InChI=1S/C13H18N2O4/c1-9-10(6-11(19-9)13(17)18)7-15-5-3-4-14(2)12(16)8-15/h6H,3-5,7-8H2,1-2H3,(H,17,18). The van der Waals surface area contributed by atoms with Crippen molar-refractivity contribution in [1.29, 1.82) is 0 Å². The molecule has 2 heterocycles. The van der Waals surface area contributed by atoms with Crippen molar-refractivity contribution in [3.63, 3.8) is 0 Å². The topological polar surface area (TPSA) is 74.0 Å². The molecule has 0 bridgehead atoms. The molecule has 1 aromatic heterocycles. The minimum atomic E-state index is -1.07. The number of carboxylic acids is 1. The fourth-order valence-corrected chi connectivity index (χ4v) is 2.21. The van der Waals surface area contributed by atoms with E-state index in [1.54, 1.807) is 18.9 Å². The Morgan fingerprint density at radius 1 is 1.47 bits per heavy atom. The zero-order chi connectivity index (χ0) is 14.0. The van der Waals surface area contributed by atoms with Crippen molar-refractivity contribution in [2.24, 2.45) is 0 Å². The Bertz CT molecular complexity index is 495. The third kappa shape index (κ3) is 3.14. The van der Waals surface area contributed by atoms with Crippen LogP contribution in [0.5, 0.6) is 0 Å². The van der Waals surface area contributed by atoms with Crippen LogP contribution in [0.2, 0.25) is 0 Å². The average Bonchev–Trinajstić information content (AvgIpc) is 2.62. The van der Waals surface area contributed by atoms with E-state index in [2.05, 4.69) is 0 Å². The van der Waals surface area contributed by atoms with Crippen LogP contribution < -0.4 is 0 Å². The van der Waals surface area contributed by atoms with Gasteiger partial charge in [0, 0.05) is 32.2 Å². The number of carbonyl (C=O) groups is 2.